The van der Waals surface area contributed by atoms with Crippen molar-refractivity contribution in [3.8, 4) is 0 Å². The van der Waals surface area contributed by atoms with E-state index >= 15 is 0 Å². The fraction of sp³-hybridized carbons (Fsp3) is 0.100. The van der Waals surface area contributed by atoms with Crippen LogP contribution in [0.2, 0.25) is 0 Å². The average molecular weight is 255 g/mol. The molecule has 1 N–H and O–H groups in total. The smallest absolute Gasteiger partial charge is 0.281 e. The summed E-state index contributed by atoms with van der Waals surface area (Å²) in [4.78, 5) is 6.15. The van der Waals surface area contributed by atoms with Crippen molar-refractivity contribution in [3.63, 3.8) is 0 Å². The van der Waals surface area contributed by atoms with E-state index in [0.717, 1.165) is 10.4 Å². The Hall–Kier alpha value is -1.89. The molecular formula is C10H10FN3O2S. The maximum Gasteiger partial charge on any atom is 0.281 e. The van der Waals surface area contributed by atoms with Crippen molar-refractivity contribution in [1.82, 2.24) is 9.97 Å². The summed E-state index contributed by atoms with van der Waals surface area (Å²) in [5.41, 5.74) is 0.250. The fourth-order valence-corrected chi connectivity index (χ4v) is 2.42. The van der Waals surface area contributed by atoms with E-state index in [1.54, 1.807) is 0 Å². The van der Waals surface area contributed by atoms with Crippen LogP contribution in [0.5, 0.6) is 0 Å². The Morgan fingerprint density at radius 3 is 2.76 bits per heavy atom. The third-order valence-electron chi connectivity index (χ3n) is 2.28. The molecule has 0 saturated heterocycles. The number of hydrogen-bond acceptors (Lipinski definition) is 3. The zero-order chi connectivity index (χ0) is 12.5. The van der Waals surface area contributed by atoms with Crippen LogP contribution in [0.25, 0.3) is 0 Å². The Morgan fingerprint density at radius 2 is 2.18 bits per heavy atom. The molecule has 2 aromatic rings. The van der Waals surface area contributed by atoms with Crippen LogP contribution in [0.4, 0.5) is 10.1 Å². The molecule has 0 amide bonds. The van der Waals surface area contributed by atoms with Crippen LogP contribution >= 0.6 is 0 Å². The first-order chi connectivity index (χ1) is 8.01. The molecule has 0 spiro atoms. The van der Waals surface area contributed by atoms with Crippen LogP contribution in [0.3, 0.4) is 0 Å². The normalized spacial score (nSPS) is 11.4. The molecule has 0 aliphatic carbocycles. The van der Waals surface area contributed by atoms with Gasteiger partial charge in [-0.2, -0.15) is 8.42 Å². The lowest BCUT2D eigenvalue weighted by molar-refractivity contribution is 0.591. The first-order valence-corrected chi connectivity index (χ1v) is 6.19. The van der Waals surface area contributed by atoms with E-state index in [9.17, 15) is 12.8 Å². The van der Waals surface area contributed by atoms with Crippen LogP contribution in [-0.2, 0) is 10.0 Å². The second-order valence-corrected chi connectivity index (χ2v) is 5.31. The minimum atomic E-state index is -3.72. The Kier molecular flexibility index (Phi) is 2.84. The SMILES string of the molecule is CN(c1cccc(F)c1)S(=O)(=O)c1cnc[nH]1. The van der Waals surface area contributed by atoms with Gasteiger partial charge in [-0.25, -0.2) is 9.37 Å². The number of hydrogen-bond donors (Lipinski definition) is 1. The monoisotopic (exact) mass is 255 g/mol. The lowest BCUT2D eigenvalue weighted by Gasteiger charge is -2.18. The summed E-state index contributed by atoms with van der Waals surface area (Å²) in [6.45, 7) is 0. The van der Waals surface area contributed by atoms with E-state index in [2.05, 4.69) is 9.97 Å². The molecular weight excluding hydrogens is 245 g/mol. The number of imidazole rings is 1. The van der Waals surface area contributed by atoms with Gasteiger partial charge >= 0.3 is 0 Å². The van der Waals surface area contributed by atoms with E-state index < -0.39 is 15.8 Å². The maximum atomic E-state index is 13.0. The highest BCUT2D eigenvalue weighted by molar-refractivity contribution is 7.92. The molecule has 0 saturated carbocycles. The molecule has 1 aromatic heterocycles. The van der Waals surface area contributed by atoms with Gasteiger partial charge in [-0.1, -0.05) is 6.07 Å². The van der Waals surface area contributed by atoms with Gasteiger partial charge in [-0.3, -0.25) is 4.31 Å². The zero-order valence-electron chi connectivity index (χ0n) is 8.96. The van der Waals surface area contributed by atoms with Crippen LogP contribution in [-0.4, -0.2) is 25.4 Å². The van der Waals surface area contributed by atoms with Crippen molar-refractivity contribution in [1.29, 1.82) is 0 Å². The molecule has 1 heterocycles. The van der Waals surface area contributed by atoms with Gasteiger partial charge in [0.1, 0.15) is 5.82 Å². The van der Waals surface area contributed by atoms with Crippen molar-refractivity contribution in [2.75, 3.05) is 11.4 Å². The van der Waals surface area contributed by atoms with Crippen molar-refractivity contribution in [2.24, 2.45) is 0 Å². The average Bonchev–Trinajstić information content (AvgIpc) is 2.82. The first kappa shape index (κ1) is 11.6. The van der Waals surface area contributed by atoms with Crippen LogP contribution in [0, 0.1) is 5.82 Å². The van der Waals surface area contributed by atoms with Gasteiger partial charge in [-0.05, 0) is 18.2 Å². The molecule has 5 nitrogen and oxygen atoms in total. The standard InChI is InChI=1S/C10H10FN3O2S/c1-14(9-4-2-3-8(11)5-9)17(15,16)10-6-12-7-13-10/h2-7H,1H3,(H,12,13). The highest BCUT2D eigenvalue weighted by atomic mass is 32.2. The number of rotatable bonds is 3. The number of anilines is 1. The molecule has 17 heavy (non-hydrogen) atoms. The third-order valence-corrected chi connectivity index (χ3v) is 3.99. The molecule has 7 heteroatoms. The molecule has 90 valence electrons. The van der Waals surface area contributed by atoms with Crippen LogP contribution in [0.1, 0.15) is 0 Å². The highest BCUT2D eigenvalue weighted by Crippen LogP contribution is 2.20. The number of sulfonamides is 1. The zero-order valence-corrected chi connectivity index (χ0v) is 9.78. The molecule has 1 aromatic carbocycles. The number of aromatic nitrogens is 2. The summed E-state index contributed by atoms with van der Waals surface area (Å²) >= 11 is 0. The van der Waals surface area contributed by atoms with Gasteiger partial charge in [0.25, 0.3) is 10.0 Å². The topological polar surface area (TPSA) is 66.1 Å². The quantitative estimate of drug-likeness (QED) is 0.900. The van der Waals surface area contributed by atoms with Gasteiger partial charge in [-0.15, -0.1) is 0 Å². The predicted molar refractivity (Wildman–Crippen MR) is 60.6 cm³/mol. The fourth-order valence-electron chi connectivity index (χ4n) is 1.34. The van der Waals surface area contributed by atoms with Gasteiger partial charge in [0.15, 0.2) is 5.03 Å². The Morgan fingerprint density at radius 1 is 1.41 bits per heavy atom. The molecule has 0 radical (unpaired) electrons. The first-order valence-electron chi connectivity index (χ1n) is 4.74. The van der Waals surface area contributed by atoms with E-state index in [1.165, 1.54) is 37.8 Å². The number of aromatic amines is 1. The summed E-state index contributed by atoms with van der Waals surface area (Å²) in [6, 6.07) is 5.36. The van der Waals surface area contributed by atoms with Gasteiger partial charge in [0.2, 0.25) is 0 Å². The van der Waals surface area contributed by atoms with Gasteiger partial charge in [0, 0.05) is 7.05 Å². The molecule has 0 fully saturated rings. The lowest BCUT2D eigenvalue weighted by Crippen LogP contribution is -2.26. The molecule has 0 aliphatic heterocycles. The van der Waals surface area contributed by atoms with Crippen molar-refractivity contribution >= 4 is 15.7 Å². The number of benzene rings is 1. The summed E-state index contributed by atoms with van der Waals surface area (Å²) in [7, 11) is -2.36. The van der Waals surface area contributed by atoms with Gasteiger partial charge < -0.3 is 4.98 Å². The second-order valence-electron chi connectivity index (χ2n) is 3.37. The molecule has 0 unspecified atom stereocenters. The van der Waals surface area contributed by atoms with E-state index in [4.69, 9.17) is 0 Å². The lowest BCUT2D eigenvalue weighted by atomic mass is 10.3. The summed E-state index contributed by atoms with van der Waals surface area (Å²) < 4.78 is 38.1. The molecule has 2 rings (SSSR count). The minimum absolute atomic E-state index is 0.0377. The molecule has 0 aliphatic rings. The largest absolute Gasteiger partial charge is 0.334 e. The minimum Gasteiger partial charge on any atom is -0.334 e. The predicted octanol–water partition coefficient (Wildman–Crippen LogP) is 1.37. The van der Waals surface area contributed by atoms with E-state index in [-0.39, 0.29) is 10.7 Å². The van der Waals surface area contributed by atoms with Crippen molar-refractivity contribution < 1.29 is 12.8 Å². The van der Waals surface area contributed by atoms with Crippen molar-refractivity contribution in [2.45, 2.75) is 5.03 Å². The number of H-pyrrole nitrogens is 1. The third kappa shape index (κ3) is 2.14. The van der Waals surface area contributed by atoms with E-state index in [1.807, 2.05) is 0 Å². The van der Waals surface area contributed by atoms with Crippen LogP contribution < -0.4 is 4.31 Å². The summed E-state index contributed by atoms with van der Waals surface area (Å²) in [5, 5.41) is -0.0377. The Balaban J connectivity index is 2.42. The Bertz CT molecular complexity index is 610. The van der Waals surface area contributed by atoms with Crippen molar-refractivity contribution in [3.05, 3.63) is 42.6 Å². The van der Waals surface area contributed by atoms with E-state index in [0.29, 0.717) is 0 Å². The number of halogens is 1. The number of nitrogens with zero attached hydrogens (tertiary/aromatic N) is 2. The summed E-state index contributed by atoms with van der Waals surface area (Å²) in [5.74, 6) is -0.492. The maximum absolute atomic E-state index is 13.0. The highest BCUT2D eigenvalue weighted by Gasteiger charge is 2.22. The Labute approximate surface area is 98.0 Å². The molecule has 0 bridgehead atoms. The second kappa shape index (κ2) is 4.17. The van der Waals surface area contributed by atoms with Gasteiger partial charge in [0.05, 0.1) is 18.2 Å². The van der Waals surface area contributed by atoms with Crippen LogP contribution in [0.15, 0.2) is 41.8 Å². The molecule has 0 atom stereocenters. The summed E-state index contributed by atoms with van der Waals surface area (Å²) in [6.07, 6.45) is 2.47. The number of nitrogens with one attached hydrogen (secondary N) is 1.